The predicted molar refractivity (Wildman–Crippen MR) is 66.5 cm³/mol. The van der Waals surface area contributed by atoms with Crippen LogP contribution in [0.3, 0.4) is 0 Å². The van der Waals surface area contributed by atoms with Crippen LogP contribution in [0.4, 0.5) is 4.39 Å². The summed E-state index contributed by atoms with van der Waals surface area (Å²) in [6, 6.07) is 6.04. The van der Waals surface area contributed by atoms with Gasteiger partial charge in [0.1, 0.15) is 5.82 Å². The van der Waals surface area contributed by atoms with E-state index in [1.165, 1.54) is 37.8 Å². The lowest BCUT2D eigenvalue weighted by atomic mass is 9.92. The Morgan fingerprint density at radius 3 is 2.53 bits per heavy atom. The lowest BCUT2D eigenvalue weighted by molar-refractivity contribution is 0.0956. The van der Waals surface area contributed by atoms with E-state index >= 15 is 0 Å². The van der Waals surface area contributed by atoms with Gasteiger partial charge in [-0.05, 0) is 18.1 Å². The molecule has 2 heteroatoms. The molecule has 1 fully saturated rings. The average Bonchev–Trinajstić information content (AvgIpc) is 2.57. The van der Waals surface area contributed by atoms with Gasteiger partial charge in [0.15, 0.2) is 5.78 Å². The number of hydrogen-bond acceptors (Lipinski definition) is 1. The molecule has 1 nitrogen and oxygen atoms in total. The number of Topliss-reactive ketones (excluding diaryl/α,β-unsaturated/α-hetero) is 1. The van der Waals surface area contributed by atoms with Crippen molar-refractivity contribution in [1.29, 1.82) is 0 Å². The van der Waals surface area contributed by atoms with Crippen molar-refractivity contribution in [2.24, 2.45) is 5.92 Å². The van der Waals surface area contributed by atoms with Crippen LogP contribution in [0, 0.1) is 11.7 Å². The second-order valence-corrected chi connectivity index (χ2v) is 5.00. The van der Waals surface area contributed by atoms with Crippen LogP contribution in [-0.2, 0) is 0 Å². The van der Waals surface area contributed by atoms with E-state index in [1.807, 2.05) is 0 Å². The van der Waals surface area contributed by atoms with Crippen LogP contribution in [0.25, 0.3) is 0 Å². The molecule has 17 heavy (non-hydrogen) atoms. The summed E-state index contributed by atoms with van der Waals surface area (Å²) in [6.07, 6.45) is 7.96. The molecule has 0 aliphatic heterocycles. The minimum Gasteiger partial charge on any atom is -0.294 e. The summed E-state index contributed by atoms with van der Waals surface area (Å²) >= 11 is 0. The third-order valence-electron chi connectivity index (χ3n) is 3.60. The van der Waals surface area contributed by atoms with Gasteiger partial charge in [0.2, 0.25) is 0 Å². The molecule has 0 spiro atoms. The summed E-state index contributed by atoms with van der Waals surface area (Å²) in [5, 5.41) is 0. The first-order chi connectivity index (χ1) is 8.25. The van der Waals surface area contributed by atoms with Crippen LogP contribution in [-0.4, -0.2) is 5.78 Å². The van der Waals surface area contributed by atoms with Crippen molar-refractivity contribution in [3.63, 3.8) is 0 Å². The van der Waals surface area contributed by atoms with Gasteiger partial charge in [0, 0.05) is 12.0 Å². The molecule has 1 saturated carbocycles. The van der Waals surface area contributed by atoms with Crippen molar-refractivity contribution in [1.82, 2.24) is 0 Å². The Hall–Kier alpha value is -1.18. The average molecular weight is 234 g/mol. The molecular weight excluding hydrogens is 215 g/mol. The summed E-state index contributed by atoms with van der Waals surface area (Å²) in [7, 11) is 0. The molecule has 2 rings (SSSR count). The van der Waals surface area contributed by atoms with Crippen molar-refractivity contribution in [3.05, 3.63) is 35.6 Å². The fraction of sp³-hybridized carbons (Fsp3) is 0.533. The van der Waals surface area contributed by atoms with E-state index in [0.717, 1.165) is 12.8 Å². The smallest absolute Gasteiger partial charge is 0.163 e. The zero-order chi connectivity index (χ0) is 12.1. The third kappa shape index (κ3) is 3.65. The van der Waals surface area contributed by atoms with Gasteiger partial charge >= 0.3 is 0 Å². The second-order valence-electron chi connectivity index (χ2n) is 5.00. The number of ketones is 1. The van der Waals surface area contributed by atoms with Gasteiger partial charge in [-0.15, -0.1) is 0 Å². The third-order valence-corrected chi connectivity index (χ3v) is 3.60. The van der Waals surface area contributed by atoms with Gasteiger partial charge in [0.05, 0.1) is 0 Å². The molecule has 0 atom stereocenters. The van der Waals surface area contributed by atoms with Crippen molar-refractivity contribution in [3.8, 4) is 0 Å². The van der Waals surface area contributed by atoms with Crippen LogP contribution in [0.2, 0.25) is 0 Å². The van der Waals surface area contributed by atoms with Crippen LogP contribution in [0.1, 0.15) is 55.3 Å². The summed E-state index contributed by atoms with van der Waals surface area (Å²) in [5.74, 6) is 0.279. The van der Waals surface area contributed by atoms with E-state index in [1.54, 1.807) is 12.1 Å². The SMILES string of the molecule is O=C(CC1CCCCCC1)c1cccc(F)c1. The molecule has 0 N–H and O–H groups in total. The quantitative estimate of drug-likeness (QED) is 0.560. The molecule has 0 amide bonds. The van der Waals surface area contributed by atoms with E-state index in [0.29, 0.717) is 17.9 Å². The Morgan fingerprint density at radius 1 is 1.18 bits per heavy atom. The number of rotatable bonds is 3. The maximum Gasteiger partial charge on any atom is 0.163 e. The first-order valence-corrected chi connectivity index (χ1v) is 6.54. The highest BCUT2D eigenvalue weighted by Crippen LogP contribution is 2.26. The zero-order valence-electron chi connectivity index (χ0n) is 10.1. The monoisotopic (exact) mass is 234 g/mol. The molecule has 1 aliphatic rings. The first kappa shape index (κ1) is 12.3. The molecule has 0 radical (unpaired) electrons. The summed E-state index contributed by atoms with van der Waals surface area (Å²) in [4.78, 5) is 12.0. The van der Waals surface area contributed by atoms with Crippen molar-refractivity contribution in [2.45, 2.75) is 44.9 Å². The minimum atomic E-state index is -0.322. The van der Waals surface area contributed by atoms with Crippen molar-refractivity contribution >= 4 is 5.78 Å². The molecule has 0 unspecified atom stereocenters. The number of carbonyl (C=O) groups is 1. The fourth-order valence-electron chi connectivity index (χ4n) is 2.61. The van der Waals surface area contributed by atoms with Gasteiger partial charge in [-0.25, -0.2) is 4.39 Å². The number of carbonyl (C=O) groups excluding carboxylic acids is 1. The van der Waals surface area contributed by atoms with Crippen LogP contribution < -0.4 is 0 Å². The van der Waals surface area contributed by atoms with E-state index in [9.17, 15) is 9.18 Å². The first-order valence-electron chi connectivity index (χ1n) is 6.54. The molecule has 1 aromatic rings. The molecule has 1 aliphatic carbocycles. The van der Waals surface area contributed by atoms with Crippen molar-refractivity contribution < 1.29 is 9.18 Å². The summed E-state index contributed by atoms with van der Waals surface area (Å²) in [5.41, 5.74) is 0.522. The van der Waals surface area contributed by atoms with Gasteiger partial charge in [-0.3, -0.25) is 4.79 Å². The largest absolute Gasteiger partial charge is 0.294 e. The summed E-state index contributed by atoms with van der Waals surface area (Å²) < 4.78 is 13.0. The Morgan fingerprint density at radius 2 is 1.88 bits per heavy atom. The van der Waals surface area contributed by atoms with Crippen LogP contribution in [0.15, 0.2) is 24.3 Å². The Kier molecular flexibility index (Phi) is 4.29. The van der Waals surface area contributed by atoms with Crippen LogP contribution >= 0.6 is 0 Å². The maximum absolute atomic E-state index is 13.0. The summed E-state index contributed by atoms with van der Waals surface area (Å²) in [6.45, 7) is 0. The fourth-order valence-corrected chi connectivity index (χ4v) is 2.61. The van der Waals surface area contributed by atoms with E-state index in [-0.39, 0.29) is 11.6 Å². The number of hydrogen-bond donors (Lipinski definition) is 0. The molecule has 0 heterocycles. The highest BCUT2D eigenvalue weighted by Gasteiger charge is 2.17. The number of benzene rings is 1. The lowest BCUT2D eigenvalue weighted by Crippen LogP contribution is -2.08. The van der Waals surface area contributed by atoms with Gasteiger partial charge in [-0.2, -0.15) is 0 Å². The van der Waals surface area contributed by atoms with E-state index < -0.39 is 0 Å². The Labute approximate surface area is 102 Å². The molecule has 1 aromatic carbocycles. The van der Waals surface area contributed by atoms with E-state index in [2.05, 4.69) is 0 Å². The molecule has 0 saturated heterocycles. The molecule has 92 valence electrons. The maximum atomic E-state index is 13.0. The topological polar surface area (TPSA) is 17.1 Å². The Balaban J connectivity index is 1.96. The standard InChI is InChI=1S/C15H19FO/c16-14-9-5-8-13(11-14)15(17)10-12-6-3-1-2-4-7-12/h5,8-9,11-12H,1-4,6-7,10H2. The molecular formula is C15H19FO. The van der Waals surface area contributed by atoms with Crippen LogP contribution in [0.5, 0.6) is 0 Å². The predicted octanol–water partition coefficient (Wildman–Crippen LogP) is 4.37. The highest BCUT2D eigenvalue weighted by atomic mass is 19.1. The zero-order valence-corrected chi connectivity index (χ0v) is 10.1. The van der Waals surface area contributed by atoms with E-state index in [4.69, 9.17) is 0 Å². The second kappa shape index (κ2) is 5.95. The lowest BCUT2D eigenvalue weighted by Gasteiger charge is -2.12. The minimum absolute atomic E-state index is 0.0939. The van der Waals surface area contributed by atoms with Crippen molar-refractivity contribution in [2.75, 3.05) is 0 Å². The van der Waals surface area contributed by atoms with Gasteiger partial charge in [0.25, 0.3) is 0 Å². The highest BCUT2D eigenvalue weighted by molar-refractivity contribution is 5.96. The Bertz CT molecular complexity index is 378. The molecule has 0 aromatic heterocycles. The normalized spacial score (nSPS) is 17.7. The van der Waals surface area contributed by atoms with Gasteiger partial charge in [-0.1, -0.05) is 50.7 Å². The van der Waals surface area contributed by atoms with Gasteiger partial charge < -0.3 is 0 Å². The molecule has 0 bridgehead atoms. The number of halogens is 1.